The fourth-order valence-electron chi connectivity index (χ4n) is 3.01. The summed E-state index contributed by atoms with van der Waals surface area (Å²) < 4.78 is 27.4. The Morgan fingerprint density at radius 1 is 1.00 bits per heavy atom. The van der Waals surface area contributed by atoms with Gasteiger partial charge in [-0.1, -0.05) is 6.07 Å². The molecule has 31 heavy (non-hydrogen) atoms. The average molecular weight is 449 g/mol. The molecular weight excluding hydrogens is 437 g/mol. The number of anilines is 1. The number of thiocarbonyl (C=S) groups is 1. The summed E-state index contributed by atoms with van der Waals surface area (Å²) >= 11 is 6.34. The molecule has 0 bridgehead atoms. The third kappa shape index (κ3) is 3.98. The minimum Gasteiger partial charge on any atom is -0.436 e. The second-order valence-electron chi connectivity index (χ2n) is 6.59. The van der Waals surface area contributed by atoms with Crippen molar-refractivity contribution in [3.63, 3.8) is 0 Å². The van der Waals surface area contributed by atoms with Crippen molar-refractivity contribution in [2.24, 2.45) is 0 Å². The maximum Gasteiger partial charge on any atom is 0.257 e. The van der Waals surface area contributed by atoms with Crippen molar-refractivity contribution in [3.05, 3.63) is 72.0 Å². The third-order valence-corrected chi connectivity index (χ3v) is 5.22. The number of hydrogen-bond donors (Lipinski definition) is 2. The summed E-state index contributed by atoms with van der Waals surface area (Å²) in [7, 11) is 0. The van der Waals surface area contributed by atoms with Crippen LogP contribution in [0.25, 0.3) is 33.6 Å². The number of rotatable bonds is 3. The fourth-order valence-corrected chi connectivity index (χ4v) is 3.74. The minimum absolute atomic E-state index is 0.134. The second kappa shape index (κ2) is 7.82. The van der Waals surface area contributed by atoms with Crippen LogP contribution in [0.5, 0.6) is 0 Å². The van der Waals surface area contributed by atoms with Crippen molar-refractivity contribution in [3.8, 4) is 11.5 Å². The van der Waals surface area contributed by atoms with Gasteiger partial charge in [0.25, 0.3) is 5.91 Å². The number of nitrogens with one attached hydrogen (secondary N) is 2. The summed E-state index contributed by atoms with van der Waals surface area (Å²) in [4.78, 5) is 16.9. The van der Waals surface area contributed by atoms with E-state index in [9.17, 15) is 9.18 Å². The summed E-state index contributed by atoms with van der Waals surface area (Å²) in [5, 5.41) is 5.73. The van der Waals surface area contributed by atoms with Gasteiger partial charge in [0.05, 0.1) is 11.7 Å². The van der Waals surface area contributed by atoms with Crippen molar-refractivity contribution >= 4 is 62.8 Å². The van der Waals surface area contributed by atoms with Crippen molar-refractivity contribution in [1.82, 2.24) is 19.0 Å². The Balaban J connectivity index is 1.31. The molecule has 0 unspecified atom stereocenters. The van der Waals surface area contributed by atoms with E-state index in [0.29, 0.717) is 39.3 Å². The highest BCUT2D eigenvalue weighted by atomic mass is 32.1. The van der Waals surface area contributed by atoms with E-state index < -0.39 is 0 Å². The van der Waals surface area contributed by atoms with Gasteiger partial charge < -0.3 is 9.73 Å². The van der Waals surface area contributed by atoms with Gasteiger partial charge in [0.15, 0.2) is 10.7 Å². The van der Waals surface area contributed by atoms with Gasteiger partial charge in [0.2, 0.25) is 5.89 Å². The SMILES string of the molecule is O=C(NC(=S)Nc1ccc2oc(-c3cccc(F)c3)nc2c1)c1ccc2nsnc2c1. The van der Waals surface area contributed by atoms with Crippen molar-refractivity contribution in [2.75, 3.05) is 5.32 Å². The lowest BCUT2D eigenvalue weighted by molar-refractivity contribution is 0.0978. The minimum atomic E-state index is -0.367. The number of fused-ring (bicyclic) bond motifs is 2. The number of halogens is 1. The first kappa shape index (κ1) is 19.2. The number of aromatic nitrogens is 3. The summed E-state index contributed by atoms with van der Waals surface area (Å²) in [6.07, 6.45) is 0. The van der Waals surface area contributed by atoms with Gasteiger partial charge in [-0.15, -0.1) is 0 Å². The van der Waals surface area contributed by atoms with Gasteiger partial charge in [-0.2, -0.15) is 8.75 Å². The summed E-state index contributed by atoms with van der Waals surface area (Å²) in [5.74, 6) is -0.411. The largest absolute Gasteiger partial charge is 0.436 e. The first-order valence-electron chi connectivity index (χ1n) is 9.06. The molecule has 0 saturated heterocycles. The van der Waals surface area contributed by atoms with Gasteiger partial charge >= 0.3 is 0 Å². The van der Waals surface area contributed by atoms with Crippen molar-refractivity contribution < 1.29 is 13.6 Å². The topological polar surface area (TPSA) is 92.9 Å². The third-order valence-electron chi connectivity index (χ3n) is 4.46. The Hall–Kier alpha value is -3.76. The number of hydrogen-bond acceptors (Lipinski definition) is 7. The molecule has 2 aromatic heterocycles. The standard InChI is InChI=1S/C21H12FN5O2S2/c22-13-3-1-2-12(8-13)20-24-17-10-14(5-7-18(17)29-20)23-21(30)25-19(28)11-4-6-15-16(9-11)27-31-26-15/h1-10H,(H2,23,25,28,30). The van der Waals surface area contributed by atoms with Gasteiger partial charge in [-0.05, 0) is 66.8 Å². The molecule has 2 N–H and O–H groups in total. The number of oxazole rings is 1. The molecule has 0 aliphatic carbocycles. The molecule has 3 aromatic carbocycles. The number of benzene rings is 3. The Morgan fingerprint density at radius 3 is 2.74 bits per heavy atom. The van der Waals surface area contributed by atoms with Gasteiger partial charge in [-0.25, -0.2) is 9.37 Å². The fraction of sp³-hybridized carbons (Fsp3) is 0. The summed E-state index contributed by atoms with van der Waals surface area (Å²) in [6, 6.07) is 16.3. The number of amides is 1. The molecule has 0 aliphatic rings. The van der Waals surface area contributed by atoms with E-state index in [0.717, 1.165) is 17.2 Å². The van der Waals surface area contributed by atoms with Gasteiger partial charge in [-0.3, -0.25) is 10.1 Å². The highest BCUT2D eigenvalue weighted by molar-refractivity contribution is 7.80. The highest BCUT2D eigenvalue weighted by Crippen LogP contribution is 2.26. The van der Waals surface area contributed by atoms with Gasteiger partial charge in [0.1, 0.15) is 22.4 Å². The Labute approximate surface area is 184 Å². The van der Waals surface area contributed by atoms with Crippen LogP contribution in [0.2, 0.25) is 0 Å². The van der Waals surface area contributed by atoms with Crippen LogP contribution < -0.4 is 10.6 Å². The van der Waals surface area contributed by atoms with Crippen LogP contribution in [-0.4, -0.2) is 24.8 Å². The number of carbonyl (C=O) groups is 1. The zero-order valence-electron chi connectivity index (χ0n) is 15.6. The smallest absolute Gasteiger partial charge is 0.257 e. The molecule has 2 heterocycles. The van der Waals surface area contributed by atoms with E-state index in [-0.39, 0.29) is 16.8 Å². The normalized spacial score (nSPS) is 11.0. The maximum absolute atomic E-state index is 13.5. The molecule has 0 spiro atoms. The van der Waals surface area contributed by atoms with E-state index in [2.05, 4.69) is 24.4 Å². The van der Waals surface area contributed by atoms with Gasteiger partial charge in [0, 0.05) is 16.8 Å². The van der Waals surface area contributed by atoms with E-state index in [1.165, 1.54) is 12.1 Å². The predicted octanol–water partition coefficient (Wildman–Crippen LogP) is 4.77. The number of nitrogens with zero attached hydrogens (tertiary/aromatic N) is 3. The lowest BCUT2D eigenvalue weighted by Gasteiger charge is -2.09. The van der Waals surface area contributed by atoms with Crippen LogP contribution in [0.4, 0.5) is 10.1 Å². The number of carbonyl (C=O) groups excluding carboxylic acids is 1. The lowest BCUT2D eigenvalue weighted by atomic mass is 10.2. The van der Waals surface area contributed by atoms with Crippen LogP contribution >= 0.6 is 23.9 Å². The quantitative estimate of drug-likeness (QED) is 0.384. The molecule has 0 radical (unpaired) electrons. The molecule has 0 atom stereocenters. The van der Waals surface area contributed by atoms with Crippen molar-refractivity contribution in [1.29, 1.82) is 0 Å². The summed E-state index contributed by atoms with van der Waals surface area (Å²) in [5.41, 5.74) is 4.10. The summed E-state index contributed by atoms with van der Waals surface area (Å²) in [6.45, 7) is 0. The zero-order valence-corrected chi connectivity index (χ0v) is 17.3. The lowest BCUT2D eigenvalue weighted by Crippen LogP contribution is -2.34. The molecule has 152 valence electrons. The maximum atomic E-state index is 13.5. The molecular formula is C21H12FN5O2S2. The van der Waals surface area contributed by atoms with Crippen LogP contribution in [0, 0.1) is 5.82 Å². The van der Waals surface area contributed by atoms with E-state index in [1.807, 2.05) is 0 Å². The molecule has 0 aliphatic heterocycles. The van der Waals surface area contributed by atoms with E-state index >= 15 is 0 Å². The molecule has 1 amide bonds. The molecule has 5 aromatic rings. The zero-order chi connectivity index (χ0) is 21.4. The van der Waals surface area contributed by atoms with Crippen LogP contribution in [-0.2, 0) is 0 Å². The van der Waals surface area contributed by atoms with Crippen LogP contribution in [0.1, 0.15) is 10.4 Å². The second-order valence-corrected chi connectivity index (χ2v) is 7.52. The molecule has 10 heteroatoms. The first-order chi connectivity index (χ1) is 15.0. The predicted molar refractivity (Wildman–Crippen MR) is 121 cm³/mol. The Kier molecular flexibility index (Phi) is 4.85. The Morgan fingerprint density at radius 2 is 1.87 bits per heavy atom. The molecule has 7 nitrogen and oxygen atoms in total. The average Bonchev–Trinajstić information content (AvgIpc) is 3.39. The highest BCUT2D eigenvalue weighted by Gasteiger charge is 2.12. The van der Waals surface area contributed by atoms with Crippen LogP contribution in [0.3, 0.4) is 0 Å². The monoisotopic (exact) mass is 449 g/mol. The van der Waals surface area contributed by atoms with Crippen molar-refractivity contribution in [2.45, 2.75) is 0 Å². The molecule has 0 saturated carbocycles. The van der Waals surface area contributed by atoms with E-state index in [4.69, 9.17) is 16.6 Å². The van der Waals surface area contributed by atoms with Crippen LogP contribution in [0.15, 0.2) is 65.1 Å². The molecule has 5 rings (SSSR count). The Bertz CT molecular complexity index is 1460. The molecule has 0 fully saturated rings. The first-order valence-corrected chi connectivity index (χ1v) is 10.2. The van der Waals surface area contributed by atoms with E-state index in [1.54, 1.807) is 48.5 Å².